The van der Waals surface area contributed by atoms with Crippen molar-refractivity contribution in [2.75, 3.05) is 42.6 Å². The Hall–Kier alpha value is -4.06. The van der Waals surface area contributed by atoms with Crippen molar-refractivity contribution in [2.24, 2.45) is 0 Å². The molecule has 4 aromatic rings. The Morgan fingerprint density at radius 1 is 0.839 bits per heavy atom. The minimum absolute atomic E-state index is 0.0340. The number of carbonyl (C=O) groups is 1. The van der Waals surface area contributed by atoms with Gasteiger partial charge in [-0.1, -0.05) is 47.5 Å². The van der Waals surface area contributed by atoms with Gasteiger partial charge in [0.05, 0.1) is 10.6 Å². The fourth-order valence-electron chi connectivity index (χ4n) is 7.36. The van der Waals surface area contributed by atoms with Crippen molar-refractivity contribution in [3.8, 4) is 0 Å². The Balaban J connectivity index is 1.25. The smallest absolute Gasteiger partial charge is 0.384 e. The number of nitrogens with one attached hydrogen (secondary N) is 4. The number of anilines is 2. The van der Waals surface area contributed by atoms with Gasteiger partial charge < -0.3 is 16.0 Å². The van der Waals surface area contributed by atoms with Gasteiger partial charge in [-0.15, -0.1) is 11.8 Å². The van der Waals surface area contributed by atoms with Crippen LogP contribution in [0.2, 0.25) is 5.02 Å². The van der Waals surface area contributed by atoms with Crippen molar-refractivity contribution < 1.29 is 34.8 Å². The van der Waals surface area contributed by atoms with E-state index in [0.717, 1.165) is 49.3 Å². The maximum atomic E-state index is 14.1. The fourth-order valence-corrected chi connectivity index (χ4v) is 10.5. The van der Waals surface area contributed by atoms with E-state index in [0.29, 0.717) is 48.6 Å². The largest absolute Gasteiger partial charge is 0.501 e. The highest BCUT2D eigenvalue weighted by molar-refractivity contribution is 7.99. The molecule has 10 nitrogen and oxygen atoms in total. The van der Waals surface area contributed by atoms with Crippen LogP contribution >= 0.6 is 23.4 Å². The van der Waals surface area contributed by atoms with E-state index >= 15 is 0 Å². The monoisotopic (exact) mass is 933 g/mol. The summed E-state index contributed by atoms with van der Waals surface area (Å²) < 4.78 is 97.3. The first-order valence-corrected chi connectivity index (χ1v) is 24.9. The standard InChI is InChI=1S/C45H55ClF3N5O5S3/c1-31(2)54(32(3)4)27-24-38(30-60-39-11-6-5-7-12-39)52-42-23-22-40(28-43(42)61(56,57)45(47,48)49)62(58,59)53-44(55)34-16-20-37(21-17-34)51-26-25-50-29-35-10-8-9-13-41(35)33-14-18-36(46)19-15-33/h5-7,11-12,14-23,28,31-32,38,50-52H,8-10,13,24-27,29-30H2,1-4H3,(H,53,55)/t38-/m1/s1. The number of thioether (sulfide) groups is 1. The first-order valence-electron chi connectivity index (χ1n) is 20.6. The second-order valence-corrected chi connectivity index (χ2v) is 20.8. The lowest BCUT2D eigenvalue weighted by Crippen LogP contribution is -2.40. The van der Waals surface area contributed by atoms with E-state index in [-0.39, 0.29) is 17.6 Å². The highest BCUT2D eigenvalue weighted by atomic mass is 35.5. The van der Waals surface area contributed by atoms with Crippen molar-refractivity contribution in [3.05, 3.63) is 119 Å². The molecule has 336 valence electrons. The third kappa shape index (κ3) is 13.5. The van der Waals surface area contributed by atoms with Crippen molar-refractivity contribution in [1.29, 1.82) is 0 Å². The lowest BCUT2D eigenvalue weighted by Gasteiger charge is -2.32. The van der Waals surface area contributed by atoms with Crippen LogP contribution in [0.3, 0.4) is 0 Å². The van der Waals surface area contributed by atoms with Crippen LogP contribution in [-0.4, -0.2) is 83.2 Å². The molecule has 0 saturated carbocycles. The Labute approximate surface area is 373 Å². The average Bonchev–Trinajstić information content (AvgIpc) is 3.23. The number of nitrogens with zero attached hydrogens (tertiary/aromatic N) is 1. The number of benzene rings is 4. The van der Waals surface area contributed by atoms with Crippen LogP contribution in [0, 0.1) is 0 Å². The van der Waals surface area contributed by atoms with Gasteiger partial charge in [0.2, 0.25) is 0 Å². The first kappa shape index (κ1) is 49.0. The molecule has 5 rings (SSSR count). The number of sulfonamides is 1. The lowest BCUT2D eigenvalue weighted by molar-refractivity contribution is -0.0435. The van der Waals surface area contributed by atoms with Gasteiger partial charge in [0.1, 0.15) is 4.90 Å². The molecule has 17 heteroatoms. The molecule has 1 atom stereocenters. The SMILES string of the molecule is CC(C)N(CC[C@H](CSc1ccccc1)Nc1ccc(S(=O)(=O)NC(=O)c2ccc(NCCNCC3=C(c4ccc(Cl)cc4)CCCC3)cc2)cc1S(=O)(=O)C(F)(F)F)C(C)C. The number of carbonyl (C=O) groups excluding carboxylic acids is 1. The molecule has 0 bridgehead atoms. The van der Waals surface area contributed by atoms with E-state index < -0.39 is 52.8 Å². The zero-order chi connectivity index (χ0) is 45.1. The number of sulfone groups is 1. The molecule has 0 unspecified atom stereocenters. The summed E-state index contributed by atoms with van der Waals surface area (Å²) in [6.45, 7) is 10.7. The van der Waals surface area contributed by atoms with Gasteiger partial charge in [0.15, 0.2) is 0 Å². The molecular weight excluding hydrogens is 879 g/mol. The molecule has 0 fully saturated rings. The van der Waals surface area contributed by atoms with Crippen LogP contribution in [0.15, 0.2) is 117 Å². The van der Waals surface area contributed by atoms with Crippen LogP contribution in [-0.2, 0) is 19.9 Å². The van der Waals surface area contributed by atoms with Gasteiger partial charge in [-0.25, -0.2) is 21.6 Å². The molecule has 1 amide bonds. The van der Waals surface area contributed by atoms with Gasteiger partial charge in [0.25, 0.3) is 25.8 Å². The van der Waals surface area contributed by atoms with E-state index in [4.69, 9.17) is 11.6 Å². The van der Waals surface area contributed by atoms with Gasteiger partial charge in [0, 0.05) is 71.2 Å². The van der Waals surface area contributed by atoms with E-state index in [1.165, 1.54) is 40.6 Å². The number of halogens is 4. The molecular formula is C45H55ClF3N5O5S3. The third-order valence-electron chi connectivity index (χ3n) is 10.6. The number of alkyl halides is 3. The molecule has 4 aromatic carbocycles. The number of allylic oxidation sites excluding steroid dienone is 1. The molecule has 1 aliphatic carbocycles. The quantitative estimate of drug-likeness (QED) is 0.0472. The van der Waals surface area contributed by atoms with Crippen LogP contribution in [0.4, 0.5) is 24.5 Å². The normalized spacial score (nSPS) is 14.4. The lowest BCUT2D eigenvalue weighted by atomic mass is 9.87. The van der Waals surface area contributed by atoms with Gasteiger partial charge >= 0.3 is 5.51 Å². The molecule has 0 heterocycles. The van der Waals surface area contributed by atoms with E-state index in [9.17, 15) is 34.8 Å². The number of hydrogen-bond acceptors (Lipinski definition) is 10. The van der Waals surface area contributed by atoms with Crippen molar-refractivity contribution in [2.45, 2.75) is 98.1 Å². The van der Waals surface area contributed by atoms with Gasteiger partial charge in [-0.05, 0) is 138 Å². The summed E-state index contributed by atoms with van der Waals surface area (Å²) in [5.74, 6) is -0.679. The summed E-state index contributed by atoms with van der Waals surface area (Å²) in [5.41, 5.74) is -1.58. The summed E-state index contributed by atoms with van der Waals surface area (Å²) in [4.78, 5) is 14.2. The minimum atomic E-state index is -6.05. The summed E-state index contributed by atoms with van der Waals surface area (Å²) in [7, 11) is -10.9. The molecule has 4 N–H and O–H groups in total. The first-order chi connectivity index (χ1) is 29.4. The number of rotatable bonds is 21. The summed E-state index contributed by atoms with van der Waals surface area (Å²) >= 11 is 7.54. The fraction of sp³-hybridized carbons (Fsp3) is 0.400. The highest BCUT2D eigenvalue weighted by Gasteiger charge is 2.48. The Kier molecular flexibility index (Phi) is 17.4. The Morgan fingerprint density at radius 2 is 1.50 bits per heavy atom. The van der Waals surface area contributed by atoms with E-state index in [2.05, 4.69) is 33.0 Å². The second-order valence-electron chi connectivity index (χ2n) is 15.7. The maximum Gasteiger partial charge on any atom is 0.501 e. The summed E-state index contributed by atoms with van der Waals surface area (Å²) in [6, 6.07) is 25.6. The highest BCUT2D eigenvalue weighted by Crippen LogP contribution is 2.37. The summed E-state index contributed by atoms with van der Waals surface area (Å²) in [5, 5.41) is 10.5. The zero-order valence-corrected chi connectivity index (χ0v) is 38.5. The molecule has 0 aliphatic heterocycles. The predicted octanol–water partition coefficient (Wildman–Crippen LogP) is 9.86. The van der Waals surface area contributed by atoms with Crippen LogP contribution in [0.5, 0.6) is 0 Å². The molecule has 0 spiro atoms. The molecule has 1 aliphatic rings. The van der Waals surface area contributed by atoms with Gasteiger partial charge in [-0.2, -0.15) is 13.2 Å². The zero-order valence-electron chi connectivity index (χ0n) is 35.3. The van der Waals surface area contributed by atoms with E-state index in [1.807, 2.05) is 74.9 Å². The third-order valence-corrected chi connectivity index (χ3v) is 14.9. The van der Waals surface area contributed by atoms with Gasteiger partial charge in [-0.3, -0.25) is 9.69 Å². The predicted molar refractivity (Wildman–Crippen MR) is 245 cm³/mol. The van der Waals surface area contributed by atoms with E-state index in [1.54, 1.807) is 12.1 Å². The topological polar surface area (TPSA) is 137 Å². The average molecular weight is 935 g/mol. The molecule has 0 radical (unpaired) electrons. The minimum Gasteiger partial charge on any atom is -0.384 e. The number of amides is 1. The Morgan fingerprint density at radius 3 is 2.15 bits per heavy atom. The maximum absolute atomic E-state index is 14.1. The number of hydrogen-bond donors (Lipinski definition) is 4. The van der Waals surface area contributed by atoms with Crippen LogP contribution in [0.25, 0.3) is 5.57 Å². The molecule has 0 aromatic heterocycles. The Bertz CT molecular complexity index is 2360. The van der Waals surface area contributed by atoms with Crippen LogP contribution in [0.1, 0.15) is 75.7 Å². The molecule has 62 heavy (non-hydrogen) atoms. The van der Waals surface area contributed by atoms with Crippen LogP contribution < -0.4 is 20.7 Å². The van der Waals surface area contributed by atoms with Crippen molar-refractivity contribution in [3.63, 3.8) is 0 Å². The second kappa shape index (κ2) is 22.0. The summed E-state index contributed by atoms with van der Waals surface area (Å²) in [6.07, 6.45) is 4.78. The molecule has 0 saturated heterocycles. The van der Waals surface area contributed by atoms with Crippen molar-refractivity contribution >= 4 is 66.1 Å². The van der Waals surface area contributed by atoms with Crippen molar-refractivity contribution in [1.82, 2.24) is 14.9 Å².